The number of rotatable bonds is 5. The molecule has 2 aliphatic rings. The molecule has 0 bridgehead atoms. The van der Waals surface area contributed by atoms with Crippen LogP contribution in [0.3, 0.4) is 0 Å². The van der Waals surface area contributed by atoms with Crippen molar-refractivity contribution in [2.24, 2.45) is 0 Å². The van der Waals surface area contributed by atoms with E-state index in [9.17, 15) is 14.7 Å². The summed E-state index contributed by atoms with van der Waals surface area (Å²) in [6.45, 7) is 2.70. The molecule has 1 amide bonds. The molecule has 3 N–H and O–H groups in total. The highest BCUT2D eigenvalue weighted by Gasteiger charge is 2.38. The molecular formula is C18H25N3O3. The van der Waals surface area contributed by atoms with Gasteiger partial charge in [0, 0.05) is 12.6 Å². The van der Waals surface area contributed by atoms with E-state index in [0.29, 0.717) is 12.6 Å². The molecule has 130 valence electrons. The molecule has 3 unspecified atom stereocenters. The van der Waals surface area contributed by atoms with Gasteiger partial charge < -0.3 is 10.0 Å². The van der Waals surface area contributed by atoms with E-state index in [4.69, 9.17) is 0 Å². The lowest BCUT2D eigenvalue weighted by Crippen LogP contribution is -2.49. The maximum absolute atomic E-state index is 13.0. The van der Waals surface area contributed by atoms with Gasteiger partial charge >= 0.3 is 5.97 Å². The lowest BCUT2D eigenvalue weighted by molar-refractivity contribution is -0.142. The number of carbonyl (C=O) groups excluding carboxylic acids is 1. The minimum absolute atomic E-state index is 0.00172. The number of hydrogen-bond donors (Lipinski definition) is 3. The molecule has 0 aliphatic carbocycles. The van der Waals surface area contributed by atoms with Gasteiger partial charge in [-0.05, 0) is 30.4 Å². The summed E-state index contributed by atoms with van der Waals surface area (Å²) in [5.41, 5.74) is 8.40. The standard InChI is InChI=1S/C18H25N3O3/c1-2-5-13-10-15(20-19-13)18(24)21-9-8-12-6-3-4-7-14(12)16(21)11-17(22)23/h3-4,6-7,13,15-16,19-20H,2,5,8-11H2,1H3,(H,22,23). The van der Waals surface area contributed by atoms with E-state index in [1.807, 2.05) is 24.3 Å². The third-order valence-electron chi connectivity index (χ3n) is 4.98. The molecule has 3 rings (SSSR count). The molecule has 1 saturated heterocycles. The van der Waals surface area contributed by atoms with E-state index < -0.39 is 5.97 Å². The van der Waals surface area contributed by atoms with Crippen LogP contribution >= 0.6 is 0 Å². The van der Waals surface area contributed by atoms with Crippen LogP contribution in [0.4, 0.5) is 0 Å². The minimum Gasteiger partial charge on any atom is -0.481 e. The van der Waals surface area contributed by atoms with Gasteiger partial charge in [-0.15, -0.1) is 0 Å². The molecule has 6 nitrogen and oxygen atoms in total. The highest BCUT2D eigenvalue weighted by Crippen LogP contribution is 2.33. The molecule has 1 aromatic rings. The van der Waals surface area contributed by atoms with Crippen molar-refractivity contribution in [2.45, 2.75) is 57.2 Å². The monoisotopic (exact) mass is 331 g/mol. The number of benzene rings is 1. The van der Waals surface area contributed by atoms with Crippen molar-refractivity contribution in [3.8, 4) is 0 Å². The van der Waals surface area contributed by atoms with E-state index in [1.54, 1.807) is 4.90 Å². The normalized spacial score (nSPS) is 26.2. The van der Waals surface area contributed by atoms with Crippen LogP contribution in [0.5, 0.6) is 0 Å². The fraction of sp³-hybridized carbons (Fsp3) is 0.556. The van der Waals surface area contributed by atoms with E-state index in [1.165, 1.54) is 0 Å². The Hall–Kier alpha value is -1.92. The van der Waals surface area contributed by atoms with Crippen LogP contribution < -0.4 is 10.9 Å². The SMILES string of the molecule is CCCC1CC(C(=O)N2CCc3ccccc3C2CC(=O)O)NN1. The third-order valence-corrected chi connectivity index (χ3v) is 4.98. The Morgan fingerprint density at radius 3 is 2.83 bits per heavy atom. The number of carboxylic acids is 1. The molecule has 0 saturated carbocycles. The van der Waals surface area contributed by atoms with Crippen LogP contribution in [-0.2, 0) is 16.0 Å². The lowest BCUT2D eigenvalue weighted by atomic mass is 9.90. The lowest BCUT2D eigenvalue weighted by Gasteiger charge is -2.38. The van der Waals surface area contributed by atoms with Crippen molar-refractivity contribution in [1.29, 1.82) is 0 Å². The van der Waals surface area contributed by atoms with Crippen molar-refractivity contribution >= 4 is 11.9 Å². The quantitative estimate of drug-likeness (QED) is 0.764. The summed E-state index contributed by atoms with van der Waals surface area (Å²) in [6, 6.07) is 7.50. The average molecular weight is 331 g/mol. The van der Waals surface area contributed by atoms with E-state index in [0.717, 1.165) is 36.8 Å². The van der Waals surface area contributed by atoms with Gasteiger partial charge in [0.15, 0.2) is 0 Å². The first-order valence-corrected chi connectivity index (χ1v) is 8.71. The Morgan fingerprint density at radius 1 is 1.29 bits per heavy atom. The van der Waals surface area contributed by atoms with Gasteiger partial charge in [-0.3, -0.25) is 15.0 Å². The molecule has 0 radical (unpaired) electrons. The highest BCUT2D eigenvalue weighted by molar-refractivity contribution is 5.83. The number of hydrogen-bond acceptors (Lipinski definition) is 4. The van der Waals surface area contributed by atoms with Gasteiger partial charge in [-0.1, -0.05) is 37.6 Å². The number of nitrogens with one attached hydrogen (secondary N) is 2. The molecule has 1 fully saturated rings. The first-order chi connectivity index (χ1) is 11.6. The molecule has 2 heterocycles. The zero-order chi connectivity index (χ0) is 17.1. The smallest absolute Gasteiger partial charge is 0.305 e. The minimum atomic E-state index is -0.879. The summed E-state index contributed by atoms with van der Waals surface area (Å²) in [7, 11) is 0. The Bertz CT molecular complexity index is 619. The van der Waals surface area contributed by atoms with Crippen molar-refractivity contribution in [2.75, 3.05) is 6.54 Å². The number of carboxylic acid groups (broad SMARTS) is 1. The van der Waals surface area contributed by atoms with Crippen LogP contribution in [0.1, 0.15) is 49.8 Å². The number of hydrazine groups is 1. The van der Waals surface area contributed by atoms with Gasteiger partial charge in [0.05, 0.1) is 12.5 Å². The second-order valence-corrected chi connectivity index (χ2v) is 6.66. The van der Waals surface area contributed by atoms with Crippen LogP contribution in [-0.4, -0.2) is 40.5 Å². The van der Waals surface area contributed by atoms with E-state index in [2.05, 4.69) is 17.8 Å². The summed E-state index contributed by atoms with van der Waals surface area (Å²) in [5.74, 6) is -0.877. The largest absolute Gasteiger partial charge is 0.481 e. The second-order valence-electron chi connectivity index (χ2n) is 6.66. The maximum atomic E-state index is 13.0. The van der Waals surface area contributed by atoms with Crippen molar-refractivity contribution in [3.63, 3.8) is 0 Å². The van der Waals surface area contributed by atoms with Gasteiger partial charge in [-0.2, -0.15) is 0 Å². The summed E-state index contributed by atoms with van der Waals surface area (Å²) in [5, 5.41) is 9.30. The Balaban J connectivity index is 1.79. The topological polar surface area (TPSA) is 81.7 Å². The highest BCUT2D eigenvalue weighted by atomic mass is 16.4. The van der Waals surface area contributed by atoms with Crippen LogP contribution in [0.2, 0.25) is 0 Å². The van der Waals surface area contributed by atoms with Crippen molar-refractivity contribution in [1.82, 2.24) is 15.8 Å². The molecule has 2 aliphatic heterocycles. The van der Waals surface area contributed by atoms with Crippen LogP contribution in [0, 0.1) is 0 Å². The molecular weight excluding hydrogens is 306 g/mol. The molecule has 6 heteroatoms. The number of carbonyl (C=O) groups is 2. The zero-order valence-electron chi connectivity index (χ0n) is 14.0. The average Bonchev–Trinajstić information content (AvgIpc) is 3.03. The molecule has 1 aromatic carbocycles. The summed E-state index contributed by atoms with van der Waals surface area (Å²) < 4.78 is 0. The summed E-state index contributed by atoms with van der Waals surface area (Å²) >= 11 is 0. The maximum Gasteiger partial charge on any atom is 0.305 e. The Kier molecular flexibility index (Phi) is 5.16. The van der Waals surface area contributed by atoms with Gasteiger partial charge in [0.1, 0.15) is 6.04 Å². The number of aliphatic carboxylic acids is 1. The number of amides is 1. The van der Waals surface area contributed by atoms with Crippen molar-refractivity contribution in [3.05, 3.63) is 35.4 Å². The summed E-state index contributed by atoms with van der Waals surface area (Å²) in [4.78, 5) is 26.1. The van der Waals surface area contributed by atoms with Crippen molar-refractivity contribution < 1.29 is 14.7 Å². The molecule has 3 atom stereocenters. The Morgan fingerprint density at radius 2 is 2.08 bits per heavy atom. The summed E-state index contributed by atoms with van der Waals surface area (Å²) in [6.07, 6.45) is 3.57. The van der Waals surface area contributed by atoms with E-state index >= 15 is 0 Å². The van der Waals surface area contributed by atoms with Crippen LogP contribution in [0.25, 0.3) is 0 Å². The zero-order valence-corrected chi connectivity index (χ0v) is 14.0. The van der Waals surface area contributed by atoms with Gasteiger partial charge in [0.25, 0.3) is 0 Å². The predicted molar refractivity (Wildman–Crippen MR) is 90.2 cm³/mol. The predicted octanol–water partition coefficient (Wildman–Crippen LogP) is 1.62. The third kappa shape index (κ3) is 3.44. The second kappa shape index (κ2) is 7.32. The van der Waals surface area contributed by atoms with Crippen LogP contribution in [0.15, 0.2) is 24.3 Å². The first-order valence-electron chi connectivity index (χ1n) is 8.71. The molecule has 0 spiro atoms. The fourth-order valence-electron chi connectivity index (χ4n) is 3.82. The van der Waals surface area contributed by atoms with Gasteiger partial charge in [0.2, 0.25) is 5.91 Å². The number of nitrogens with zero attached hydrogens (tertiary/aromatic N) is 1. The first kappa shape index (κ1) is 16.9. The van der Waals surface area contributed by atoms with Gasteiger partial charge in [-0.25, -0.2) is 5.43 Å². The molecule has 0 aromatic heterocycles. The van der Waals surface area contributed by atoms with E-state index in [-0.39, 0.29) is 24.4 Å². The fourth-order valence-corrected chi connectivity index (χ4v) is 3.82. The Labute approximate surface area is 142 Å². The number of fused-ring (bicyclic) bond motifs is 1. The molecule has 24 heavy (non-hydrogen) atoms.